The summed E-state index contributed by atoms with van der Waals surface area (Å²) in [5, 5.41) is 0. The van der Waals surface area contributed by atoms with E-state index in [0.717, 1.165) is 6.07 Å². The van der Waals surface area contributed by atoms with Crippen LogP contribution in [-0.4, -0.2) is 19.9 Å². The van der Waals surface area contributed by atoms with Crippen molar-refractivity contribution in [1.29, 1.82) is 0 Å². The maximum absolute atomic E-state index is 14.3. The first-order valence-electron chi connectivity index (χ1n) is 8.27. The fourth-order valence-electron chi connectivity index (χ4n) is 2.56. The molecule has 7 heteroatoms. The van der Waals surface area contributed by atoms with Gasteiger partial charge in [0.25, 0.3) is 0 Å². The highest BCUT2D eigenvalue weighted by molar-refractivity contribution is 5.66. The summed E-state index contributed by atoms with van der Waals surface area (Å²) >= 11 is 0. The van der Waals surface area contributed by atoms with Gasteiger partial charge in [-0.3, -0.25) is 0 Å². The van der Waals surface area contributed by atoms with Gasteiger partial charge in [-0.1, -0.05) is 6.07 Å². The van der Waals surface area contributed by atoms with E-state index in [-0.39, 0.29) is 12.2 Å². The number of H-pyrrole nitrogens is 1. The monoisotopic (exact) mass is 368 g/mol. The molecule has 1 N–H and O–H groups in total. The van der Waals surface area contributed by atoms with E-state index >= 15 is 0 Å². The van der Waals surface area contributed by atoms with Crippen LogP contribution in [0.3, 0.4) is 0 Å². The topological polar surface area (TPSA) is 63.7 Å². The molecular formula is C20H18F2N4O. The molecule has 0 spiro atoms. The first kappa shape index (κ1) is 18.4. The molecule has 0 unspecified atom stereocenters. The summed E-state index contributed by atoms with van der Waals surface area (Å²) in [6.07, 6.45) is 6.35. The molecule has 5 nitrogen and oxygen atoms in total. The van der Waals surface area contributed by atoms with E-state index in [1.165, 1.54) is 12.3 Å². The molecule has 0 aliphatic heterocycles. The largest absolute Gasteiger partial charge is 0.471 e. The second-order valence-corrected chi connectivity index (χ2v) is 5.86. The Bertz CT molecular complexity index is 965. The third kappa shape index (κ3) is 4.84. The Morgan fingerprint density at radius 2 is 1.93 bits per heavy atom. The predicted octanol–water partition coefficient (Wildman–Crippen LogP) is 4.47. The van der Waals surface area contributed by atoms with Crippen LogP contribution in [0.15, 0.2) is 55.1 Å². The first-order valence-corrected chi connectivity index (χ1v) is 8.27. The molecule has 0 aliphatic rings. The summed E-state index contributed by atoms with van der Waals surface area (Å²) < 4.78 is 33.2. The van der Waals surface area contributed by atoms with Crippen molar-refractivity contribution < 1.29 is 13.5 Å². The van der Waals surface area contributed by atoms with Crippen LogP contribution in [0.2, 0.25) is 0 Å². The van der Waals surface area contributed by atoms with Crippen molar-refractivity contribution in [3.63, 3.8) is 0 Å². The van der Waals surface area contributed by atoms with Gasteiger partial charge in [-0.05, 0) is 31.5 Å². The summed E-state index contributed by atoms with van der Waals surface area (Å²) in [6.45, 7) is 3.55. The van der Waals surface area contributed by atoms with Crippen LogP contribution >= 0.6 is 0 Å². The number of nitrogens with zero attached hydrogens (tertiary/aromatic N) is 3. The lowest BCUT2D eigenvalue weighted by Gasteiger charge is -2.06. The van der Waals surface area contributed by atoms with Crippen LogP contribution < -0.4 is 4.74 Å². The molecule has 0 aliphatic carbocycles. The van der Waals surface area contributed by atoms with Crippen molar-refractivity contribution in [2.75, 3.05) is 0 Å². The third-order valence-corrected chi connectivity index (χ3v) is 3.73. The molecule has 1 aromatic carbocycles. The molecule has 0 bridgehead atoms. The fourth-order valence-corrected chi connectivity index (χ4v) is 2.56. The number of pyridine rings is 1. The van der Waals surface area contributed by atoms with E-state index < -0.39 is 11.6 Å². The summed E-state index contributed by atoms with van der Waals surface area (Å²) in [6, 6.07) is 7.50. The summed E-state index contributed by atoms with van der Waals surface area (Å²) in [4.78, 5) is 15.7. The highest BCUT2D eigenvalue weighted by atomic mass is 19.1. The first-order chi connectivity index (χ1) is 13.0. The van der Waals surface area contributed by atoms with Crippen molar-refractivity contribution >= 4 is 0 Å². The molecule has 0 saturated carbocycles. The quantitative estimate of drug-likeness (QED) is 0.738. The second-order valence-electron chi connectivity index (χ2n) is 5.86. The van der Waals surface area contributed by atoms with E-state index in [0.29, 0.717) is 28.5 Å². The Hall–Kier alpha value is -3.35. The van der Waals surface area contributed by atoms with Gasteiger partial charge in [-0.25, -0.2) is 23.7 Å². The van der Waals surface area contributed by atoms with E-state index in [9.17, 15) is 8.78 Å². The second kappa shape index (κ2) is 8.35. The van der Waals surface area contributed by atoms with E-state index in [2.05, 4.69) is 19.9 Å². The Kier molecular flexibility index (Phi) is 5.71. The summed E-state index contributed by atoms with van der Waals surface area (Å²) in [5.41, 5.74) is 1.82. The molecule has 2 heterocycles. The number of hydrogen-bond donors (Lipinski definition) is 1. The number of aromatic nitrogens is 4. The highest BCUT2D eigenvalue weighted by Crippen LogP contribution is 2.25. The van der Waals surface area contributed by atoms with Gasteiger partial charge < -0.3 is 9.72 Å². The van der Waals surface area contributed by atoms with E-state index in [4.69, 9.17) is 4.74 Å². The SMILES string of the molecule is Cc1ncc(-c2c(C)cc(F)cc2F)c[nH]cc(COc2ccccn2)n1. The lowest BCUT2D eigenvalue weighted by Crippen LogP contribution is -1.99. The number of nitrogens with one attached hydrogen (secondary N) is 1. The van der Waals surface area contributed by atoms with Crippen LogP contribution in [0.1, 0.15) is 17.1 Å². The van der Waals surface area contributed by atoms with Crippen molar-refractivity contribution in [1.82, 2.24) is 19.9 Å². The van der Waals surface area contributed by atoms with Gasteiger partial charge in [0.2, 0.25) is 5.88 Å². The molecule has 138 valence electrons. The van der Waals surface area contributed by atoms with Crippen LogP contribution in [0, 0.1) is 25.5 Å². The van der Waals surface area contributed by atoms with Gasteiger partial charge in [-0.15, -0.1) is 0 Å². The number of rotatable bonds is 4. The lowest BCUT2D eigenvalue weighted by atomic mass is 10.0. The predicted molar refractivity (Wildman–Crippen MR) is 97.4 cm³/mol. The zero-order valence-electron chi connectivity index (χ0n) is 14.9. The van der Waals surface area contributed by atoms with Crippen molar-refractivity contribution in [2.24, 2.45) is 0 Å². The smallest absolute Gasteiger partial charge is 0.213 e. The Labute approximate surface area is 155 Å². The average molecular weight is 368 g/mol. The minimum atomic E-state index is -0.650. The normalized spacial score (nSPS) is 10.4. The van der Waals surface area contributed by atoms with Crippen LogP contribution in [0.4, 0.5) is 8.78 Å². The zero-order valence-corrected chi connectivity index (χ0v) is 14.9. The van der Waals surface area contributed by atoms with Crippen LogP contribution in [0.5, 0.6) is 5.88 Å². The highest BCUT2D eigenvalue weighted by Gasteiger charge is 2.10. The number of hydrogen-bond acceptors (Lipinski definition) is 4. The van der Waals surface area contributed by atoms with Crippen LogP contribution in [0.25, 0.3) is 11.1 Å². The van der Waals surface area contributed by atoms with E-state index in [1.807, 2.05) is 6.07 Å². The zero-order chi connectivity index (χ0) is 19.2. The van der Waals surface area contributed by atoms with E-state index in [1.54, 1.807) is 44.6 Å². The maximum Gasteiger partial charge on any atom is 0.213 e. The Morgan fingerprint density at radius 1 is 1.07 bits per heavy atom. The fraction of sp³-hybridized carbons (Fsp3) is 0.150. The molecule has 0 saturated heterocycles. The summed E-state index contributed by atoms with van der Waals surface area (Å²) in [7, 11) is 0. The molecule has 0 fully saturated rings. The van der Waals surface area contributed by atoms with Crippen molar-refractivity contribution in [2.45, 2.75) is 20.5 Å². The number of aromatic amines is 1. The molecule has 2 aromatic heterocycles. The minimum absolute atomic E-state index is 0.185. The van der Waals surface area contributed by atoms with Gasteiger partial charge in [0.05, 0.1) is 5.69 Å². The minimum Gasteiger partial charge on any atom is -0.471 e. The Morgan fingerprint density at radius 3 is 2.67 bits per heavy atom. The third-order valence-electron chi connectivity index (χ3n) is 3.73. The number of benzene rings is 1. The molecule has 3 rings (SSSR count). The van der Waals surface area contributed by atoms with Gasteiger partial charge in [0.15, 0.2) is 0 Å². The number of halogens is 2. The molecule has 27 heavy (non-hydrogen) atoms. The Balaban J connectivity index is 1.95. The standard InChI is InChI=1S/C20H18F2N4O/c1-13-7-16(21)8-18(22)20(13)15-9-23-11-17(26-14(2)25-10-15)12-27-19-5-3-4-6-24-19/h3-11,23H,12H2,1-2H3. The van der Waals surface area contributed by atoms with Crippen LogP contribution in [-0.2, 0) is 6.61 Å². The molecule has 0 atom stereocenters. The van der Waals surface area contributed by atoms with Gasteiger partial charge in [0.1, 0.15) is 24.1 Å². The van der Waals surface area contributed by atoms with Crippen molar-refractivity contribution in [3.05, 3.63) is 83.8 Å². The number of ether oxygens (including phenoxy) is 1. The molecule has 3 aromatic rings. The lowest BCUT2D eigenvalue weighted by molar-refractivity contribution is 0.288. The molecular weight excluding hydrogens is 350 g/mol. The molecule has 0 radical (unpaired) electrons. The van der Waals surface area contributed by atoms with Crippen molar-refractivity contribution in [3.8, 4) is 17.0 Å². The average Bonchev–Trinajstić information content (AvgIpc) is 2.71. The van der Waals surface area contributed by atoms with Gasteiger partial charge >= 0.3 is 0 Å². The van der Waals surface area contributed by atoms with Gasteiger partial charge in [-0.2, -0.15) is 0 Å². The maximum atomic E-state index is 14.3. The summed E-state index contributed by atoms with van der Waals surface area (Å²) in [5.74, 6) is -0.312. The molecule has 0 amide bonds. The number of aryl methyl sites for hydroxylation is 2. The van der Waals surface area contributed by atoms with Gasteiger partial charge in [0, 0.05) is 48.0 Å².